The van der Waals surface area contributed by atoms with Crippen LogP contribution < -0.4 is 10.6 Å². The molecule has 0 saturated carbocycles. The topological polar surface area (TPSA) is 54.9 Å². The Morgan fingerprint density at radius 2 is 2.04 bits per heavy atom. The smallest absolute Gasteiger partial charge is 0.190 e. The molecule has 0 radical (unpaired) electrons. The van der Waals surface area contributed by atoms with Gasteiger partial charge >= 0.3 is 0 Å². The van der Waals surface area contributed by atoms with Crippen molar-refractivity contribution in [3.63, 3.8) is 0 Å². The SMILES string of the molecule is CN=C(NCCCOCC1CCOCC1)NCCc1ccc(F)c(Br)c1.I. The Bertz CT molecular complexity index is 572. The van der Waals surface area contributed by atoms with Crippen LogP contribution in [0.15, 0.2) is 27.7 Å². The third kappa shape index (κ3) is 10.0. The summed E-state index contributed by atoms with van der Waals surface area (Å²) in [5.74, 6) is 1.19. The molecule has 1 aliphatic heterocycles. The van der Waals surface area contributed by atoms with Crippen molar-refractivity contribution in [2.75, 3.05) is 46.6 Å². The lowest BCUT2D eigenvalue weighted by Gasteiger charge is -2.21. The van der Waals surface area contributed by atoms with Crippen LogP contribution in [0.1, 0.15) is 24.8 Å². The number of hydrogen-bond acceptors (Lipinski definition) is 3. The van der Waals surface area contributed by atoms with E-state index in [2.05, 4.69) is 31.6 Å². The first-order valence-corrected chi connectivity index (χ1v) is 10.0. The van der Waals surface area contributed by atoms with Crippen LogP contribution in [0.3, 0.4) is 0 Å². The molecule has 0 unspecified atom stereocenters. The standard InChI is InChI=1S/C19H29BrFN3O2.HI/c1-22-19(24-9-5-15-3-4-18(21)17(20)13-15)23-8-2-10-26-14-16-6-11-25-12-7-16;/h3-4,13,16H,2,5-12,14H2,1H3,(H2,22,23,24);1H. The van der Waals surface area contributed by atoms with E-state index in [1.165, 1.54) is 6.07 Å². The fourth-order valence-electron chi connectivity index (χ4n) is 2.79. The molecule has 1 aliphatic rings. The number of benzene rings is 1. The third-order valence-corrected chi connectivity index (χ3v) is 4.97. The molecule has 27 heavy (non-hydrogen) atoms. The molecule has 2 rings (SSSR count). The quantitative estimate of drug-likeness (QED) is 0.210. The minimum absolute atomic E-state index is 0. The minimum atomic E-state index is -0.238. The predicted molar refractivity (Wildman–Crippen MR) is 122 cm³/mol. The van der Waals surface area contributed by atoms with Crippen LogP contribution in [0, 0.1) is 11.7 Å². The maximum Gasteiger partial charge on any atom is 0.190 e. The first-order valence-electron chi connectivity index (χ1n) is 9.23. The summed E-state index contributed by atoms with van der Waals surface area (Å²) in [4.78, 5) is 4.21. The Kier molecular flexibility index (Phi) is 13.2. The molecule has 0 amide bonds. The van der Waals surface area contributed by atoms with E-state index >= 15 is 0 Å². The summed E-state index contributed by atoms with van der Waals surface area (Å²) in [6, 6.07) is 5.09. The second kappa shape index (κ2) is 14.5. The summed E-state index contributed by atoms with van der Waals surface area (Å²) in [6.45, 7) is 4.88. The van der Waals surface area contributed by atoms with Crippen molar-refractivity contribution in [3.8, 4) is 0 Å². The van der Waals surface area contributed by atoms with E-state index in [-0.39, 0.29) is 29.8 Å². The highest BCUT2D eigenvalue weighted by atomic mass is 127. The van der Waals surface area contributed by atoms with Crippen LogP contribution in [0.25, 0.3) is 0 Å². The molecule has 0 aliphatic carbocycles. The van der Waals surface area contributed by atoms with Crippen molar-refractivity contribution in [2.45, 2.75) is 25.7 Å². The molecule has 8 heteroatoms. The Balaban J connectivity index is 0.00000364. The molecule has 1 fully saturated rings. The van der Waals surface area contributed by atoms with Crippen LogP contribution in [-0.4, -0.2) is 52.5 Å². The molecule has 1 aromatic carbocycles. The fraction of sp³-hybridized carbons (Fsp3) is 0.632. The van der Waals surface area contributed by atoms with Gasteiger partial charge in [-0.3, -0.25) is 4.99 Å². The van der Waals surface area contributed by atoms with Crippen LogP contribution in [-0.2, 0) is 15.9 Å². The van der Waals surface area contributed by atoms with E-state index in [0.29, 0.717) is 10.4 Å². The number of ether oxygens (including phenoxy) is 2. The normalized spacial score (nSPS) is 15.3. The predicted octanol–water partition coefficient (Wildman–Crippen LogP) is 3.75. The van der Waals surface area contributed by atoms with Gasteiger partial charge in [0.25, 0.3) is 0 Å². The molecule has 0 spiro atoms. The third-order valence-electron chi connectivity index (χ3n) is 4.37. The van der Waals surface area contributed by atoms with E-state index in [4.69, 9.17) is 9.47 Å². The molecule has 0 aromatic heterocycles. The second-order valence-electron chi connectivity index (χ2n) is 6.41. The number of hydrogen-bond donors (Lipinski definition) is 2. The summed E-state index contributed by atoms with van der Waals surface area (Å²) in [7, 11) is 1.76. The number of nitrogens with one attached hydrogen (secondary N) is 2. The highest BCUT2D eigenvalue weighted by Gasteiger charge is 2.13. The van der Waals surface area contributed by atoms with Crippen molar-refractivity contribution in [2.24, 2.45) is 10.9 Å². The summed E-state index contributed by atoms with van der Waals surface area (Å²) < 4.78 is 24.8. The number of guanidine groups is 1. The second-order valence-corrected chi connectivity index (χ2v) is 7.26. The van der Waals surface area contributed by atoms with Gasteiger partial charge < -0.3 is 20.1 Å². The van der Waals surface area contributed by atoms with Crippen molar-refractivity contribution >= 4 is 45.9 Å². The Hall–Kier alpha value is -0.450. The minimum Gasteiger partial charge on any atom is -0.381 e. The van der Waals surface area contributed by atoms with Crippen molar-refractivity contribution in [1.29, 1.82) is 0 Å². The highest BCUT2D eigenvalue weighted by molar-refractivity contribution is 14.0. The monoisotopic (exact) mass is 557 g/mol. The van der Waals surface area contributed by atoms with Crippen LogP contribution in [0.5, 0.6) is 0 Å². The molecule has 1 heterocycles. The maximum absolute atomic E-state index is 13.2. The number of rotatable bonds is 9. The molecular weight excluding hydrogens is 528 g/mol. The number of halogens is 3. The van der Waals surface area contributed by atoms with Gasteiger partial charge in [0.1, 0.15) is 5.82 Å². The van der Waals surface area contributed by atoms with Crippen molar-refractivity contribution in [1.82, 2.24) is 10.6 Å². The van der Waals surface area contributed by atoms with Gasteiger partial charge in [0, 0.05) is 46.6 Å². The lowest BCUT2D eigenvalue weighted by molar-refractivity contribution is 0.0203. The van der Waals surface area contributed by atoms with Crippen LogP contribution >= 0.6 is 39.9 Å². The average molecular weight is 558 g/mol. The van der Waals surface area contributed by atoms with Gasteiger partial charge in [-0.05, 0) is 65.2 Å². The zero-order valence-electron chi connectivity index (χ0n) is 15.8. The van der Waals surface area contributed by atoms with E-state index in [1.54, 1.807) is 13.1 Å². The Morgan fingerprint density at radius 3 is 2.74 bits per heavy atom. The van der Waals surface area contributed by atoms with Crippen molar-refractivity contribution < 1.29 is 13.9 Å². The van der Waals surface area contributed by atoms with Crippen LogP contribution in [0.4, 0.5) is 4.39 Å². The zero-order chi connectivity index (χ0) is 18.6. The fourth-order valence-corrected chi connectivity index (χ4v) is 3.21. The Labute approximate surface area is 187 Å². The molecule has 0 atom stereocenters. The molecule has 0 bridgehead atoms. The van der Waals surface area contributed by atoms with Gasteiger partial charge in [-0.2, -0.15) is 0 Å². The van der Waals surface area contributed by atoms with E-state index < -0.39 is 0 Å². The lowest BCUT2D eigenvalue weighted by Crippen LogP contribution is -2.39. The highest BCUT2D eigenvalue weighted by Crippen LogP contribution is 2.17. The zero-order valence-corrected chi connectivity index (χ0v) is 19.7. The van der Waals surface area contributed by atoms with Crippen molar-refractivity contribution in [3.05, 3.63) is 34.1 Å². The summed E-state index contributed by atoms with van der Waals surface area (Å²) in [5, 5.41) is 6.55. The molecule has 2 N–H and O–H groups in total. The lowest BCUT2D eigenvalue weighted by atomic mass is 10.0. The summed E-state index contributed by atoms with van der Waals surface area (Å²) in [6.07, 6.45) is 3.96. The summed E-state index contributed by atoms with van der Waals surface area (Å²) in [5.41, 5.74) is 1.07. The van der Waals surface area contributed by atoms with Crippen LogP contribution in [0.2, 0.25) is 0 Å². The summed E-state index contributed by atoms with van der Waals surface area (Å²) >= 11 is 3.21. The van der Waals surface area contributed by atoms with Gasteiger partial charge in [-0.1, -0.05) is 6.07 Å². The van der Waals surface area contributed by atoms with E-state index in [0.717, 1.165) is 76.7 Å². The largest absolute Gasteiger partial charge is 0.381 e. The molecule has 1 aromatic rings. The number of nitrogens with zero attached hydrogens (tertiary/aromatic N) is 1. The molecule has 5 nitrogen and oxygen atoms in total. The van der Waals surface area contributed by atoms with Gasteiger partial charge in [0.05, 0.1) is 4.47 Å². The van der Waals surface area contributed by atoms with Gasteiger partial charge in [0.2, 0.25) is 0 Å². The van der Waals surface area contributed by atoms with E-state index in [9.17, 15) is 4.39 Å². The van der Waals surface area contributed by atoms with Gasteiger partial charge in [0.15, 0.2) is 5.96 Å². The molecule has 1 saturated heterocycles. The first-order chi connectivity index (χ1) is 12.7. The first kappa shape index (κ1) is 24.6. The van der Waals surface area contributed by atoms with Gasteiger partial charge in [-0.25, -0.2) is 4.39 Å². The number of aliphatic imine (C=N–C) groups is 1. The Morgan fingerprint density at radius 1 is 1.30 bits per heavy atom. The average Bonchev–Trinajstić information content (AvgIpc) is 2.66. The van der Waals surface area contributed by atoms with E-state index in [1.807, 2.05) is 6.07 Å². The maximum atomic E-state index is 13.2. The van der Waals surface area contributed by atoms with Gasteiger partial charge in [-0.15, -0.1) is 24.0 Å². The molecular formula is C19H30BrFIN3O2. The molecule has 154 valence electrons.